The minimum atomic E-state index is -4.34. The maximum absolute atomic E-state index is 11.7. The molecule has 0 fully saturated rings. The summed E-state index contributed by atoms with van der Waals surface area (Å²) in [4.78, 5) is 25.5. The minimum Gasteiger partial charge on any atom is -0.379 e. The molecule has 102 valence electrons. The summed E-state index contributed by atoms with van der Waals surface area (Å²) in [5.74, 6) is -0.659. The van der Waals surface area contributed by atoms with Crippen LogP contribution in [0.2, 0.25) is 0 Å². The Morgan fingerprint density at radius 2 is 2.06 bits per heavy atom. The highest BCUT2D eigenvalue weighted by Gasteiger charge is 2.32. The molecule has 0 heterocycles. The van der Waals surface area contributed by atoms with E-state index in [1.165, 1.54) is 12.2 Å². The Kier molecular flexibility index (Phi) is 7.28. The molecule has 0 bridgehead atoms. The second-order valence-corrected chi connectivity index (χ2v) is 6.29. The molecule has 1 unspecified atom stereocenters. The molecular weight excluding hydrogens is 269 g/mol. The zero-order valence-electron chi connectivity index (χ0n) is 10.4. The predicted molar refractivity (Wildman–Crippen MR) is 64.4 cm³/mol. The van der Waals surface area contributed by atoms with Gasteiger partial charge in [-0.25, -0.2) is 9.36 Å². The van der Waals surface area contributed by atoms with Crippen molar-refractivity contribution in [1.29, 1.82) is 0 Å². The molecule has 0 amide bonds. The summed E-state index contributed by atoms with van der Waals surface area (Å²) in [6.45, 7) is 1.74. The summed E-state index contributed by atoms with van der Waals surface area (Å²) >= 11 is 5.01. The van der Waals surface area contributed by atoms with Gasteiger partial charge in [-0.15, -0.1) is 0 Å². The van der Waals surface area contributed by atoms with E-state index in [-0.39, 0.29) is 5.92 Å². The number of carbonyl (C=O) groups is 1. The lowest BCUT2D eigenvalue weighted by Gasteiger charge is -2.27. The molecule has 0 aliphatic carbocycles. The molecule has 0 aromatic carbocycles. The first kappa shape index (κ1) is 16.9. The van der Waals surface area contributed by atoms with Gasteiger partial charge < -0.3 is 14.3 Å². The van der Waals surface area contributed by atoms with Crippen molar-refractivity contribution in [3.63, 3.8) is 0 Å². The fourth-order valence-electron chi connectivity index (χ4n) is 1.43. The topological polar surface area (TPSA) is 76.1 Å². The number of carbonyl (C=O) groups excluding carboxylic acids is 1. The summed E-state index contributed by atoms with van der Waals surface area (Å²) < 4.78 is 15.1. The lowest BCUT2D eigenvalue weighted by molar-refractivity contribution is -0.183. The van der Waals surface area contributed by atoms with Crippen LogP contribution in [0.4, 0.5) is 0 Å². The van der Waals surface area contributed by atoms with E-state index in [1.807, 2.05) is 13.8 Å². The number of nitrogens with zero attached hydrogens (tertiary/aromatic N) is 1. The molecule has 0 rings (SSSR count). The fraction of sp³-hybridized carbons (Fsp3) is 0.889. The highest BCUT2D eigenvalue weighted by Crippen LogP contribution is 2.48. The van der Waals surface area contributed by atoms with E-state index in [1.54, 1.807) is 6.92 Å². The molecule has 8 heteroatoms. The van der Waals surface area contributed by atoms with E-state index >= 15 is 0 Å². The van der Waals surface area contributed by atoms with Crippen molar-refractivity contribution in [3.05, 3.63) is 0 Å². The predicted octanol–water partition coefficient (Wildman–Crippen LogP) is 2.17. The van der Waals surface area contributed by atoms with Crippen LogP contribution in [-0.2, 0) is 18.7 Å². The van der Waals surface area contributed by atoms with Crippen LogP contribution in [0.25, 0.3) is 0 Å². The summed E-state index contributed by atoms with van der Waals surface area (Å²) in [6.07, 6.45) is 0.442. The van der Waals surface area contributed by atoms with Gasteiger partial charge in [-0.2, -0.15) is 5.06 Å². The van der Waals surface area contributed by atoms with Gasteiger partial charge in [-0.1, -0.05) is 20.8 Å². The van der Waals surface area contributed by atoms with Crippen LogP contribution in [0.1, 0.15) is 27.2 Å². The van der Waals surface area contributed by atoms with Crippen LogP contribution in [0.3, 0.4) is 0 Å². The van der Waals surface area contributed by atoms with Crippen LogP contribution in [0, 0.1) is 5.92 Å². The first-order valence-corrected chi connectivity index (χ1v) is 7.76. The van der Waals surface area contributed by atoms with Crippen molar-refractivity contribution in [2.45, 2.75) is 33.2 Å². The molecule has 17 heavy (non-hydrogen) atoms. The highest BCUT2D eigenvalue weighted by molar-refractivity contribution is 7.80. The van der Waals surface area contributed by atoms with Crippen molar-refractivity contribution >= 4 is 24.2 Å². The van der Waals surface area contributed by atoms with Gasteiger partial charge in [0.15, 0.2) is 0 Å². The Balaban J connectivity index is 4.78. The number of rotatable bonds is 7. The van der Waals surface area contributed by atoms with Gasteiger partial charge in [0.1, 0.15) is 6.04 Å². The third-order valence-electron chi connectivity index (χ3n) is 2.06. The molecule has 0 saturated carbocycles. The van der Waals surface area contributed by atoms with Gasteiger partial charge in [0.25, 0.3) is 0 Å². The number of likely N-dealkylation sites (N-methyl/N-ethyl adjacent to an activating group) is 1. The SMILES string of the molecule is CCN(OC)[C@@H](CC(C)C)C(=O)OP(=O)(O)Cl. The Morgan fingerprint density at radius 1 is 1.53 bits per heavy atom. The minimum absolute atomic E-state index is 0.199. The van der Waals surface area contributed by atoms with Crippen LogP contribution >= 0.6 is 18.2 Å². The molecule has 0 radical (unpaired) electrons. The smallest absolute Gasteiger partial charge is 0.379 e. The first-order chi connectivity index (χ1) is 7.71. The quantitative estimate of drug-likeness (QED) is 0.571. The van der Waals surface area contributed by atoms with E-state index in [9.17, 15) is 9.36 Å². The maximum atomic E-state index is 11.7. The standard InChI is InChI=1S/C9H19ClNO5P/c1-5-11(15-4)8(6-7(2)3)9(12)16-17(10,13)14/h7-8H,5-6H2,1-4H3,(H,13,14)/t8-/m0/s1. The summed E-state index contributed by atoms with van der Waals surface area (Å²) in [5, 5.41) is 1.38. The van der Waals surface area contributed by atoms with Gasteiger partial charge in [0.05, 0.1) is 7.11 Å². The molecular formula is C9H19ClNO5P. The van der Waals surface area contributed by atoms with E-state index in [4.69, 9.17) is 21.0 Å². The number of hydrogen-bond donors (Lipinski definition) is 1. The Hall–Kier alpha value is -0.130. The van der Waals surface area contributed by atoms with Gasteiger partial charge in [-0.05, 0) is 12.3 Å². The molecule has 0 aromatic heterocycles. The molecule has 0 aliphatic rings. The van der Waals surface area contributed by atoms with Crippen LogP contribution < -0.4 is 0 Å². The highest BCUT2D eigenvalue weighted by atomic mass is 35.7. The summed E-state index contributed by atoms with van der Waals surface area (Å²) in [7, 11) is 1.42. The molecule has 1 N–H and O–H groups in total. The molecule has 0 spiro atoms. The van der Waals surface area contributed by atoms with E-state index in [2.05, 4.69) is 4.52 Å². The Labute approximate surface area is 106 Å². The van der Waals surface area contributed by atoms with Crippen molar-refractivity contribution in [1.82, 2.24) is 5.06 Å². The molecule has 2 atom stereocenters. The first-order valence-electron chi connectivity index (χ1n) is 5.27. The van der Waals surface area contributed by atoms with Crippen LogP contribution in [0.5, 0.6) is 0 Å². The van der Waals surface area contributed by atoms with Crippen molar-refractivity contribution in [2.24, 2.45) is 5.92 Å². The third kappa shape index (κ3) is 7.01. The molecule has 6 nitrogen and oxygen atoms in total. The van der Waals surface area contributed by atoms with Crippen molar-refractivity contribution in [3.8, 4) is 0 Å². The maximum Gasteiger partial charge on any atom is 0.476 e. The largest absolute Gasteiger partial charge is 0.476 e. The van der Waals surface area contributed by atoms with E-state index in [0.717, 1.165) is 0 Å². The molecule has 0 saturated heterocycles. The molecule has 0 aromatic rings. The lowest BCUT2D eigenvalue weighted by Crippen LogP contribution is -2.41. The number of hydrogen-bond acceptors (Lipinski definition) is 5. The lowest BCUT2D eigenvalue weighted by atomic mass is 10.0. The average molecular weight is 288 g/mol. The van der Waals surface area contributed by atoms with Gasteiger partial charge >= 0.3 is 12.9 Å². The zero-order valence-corrected chi connectivity index (χ0v) is 12.1. The van der Waals surface area contributed by atoms with Gasteiger partial charge in [0, 0.05) is 17.8 Å². The summed E-state index contributed by atoms with van der Waals surface area (Å²) in [6, 6.07) is -0.746. The fourth-order valence-corrected chi connectivity index (χ4v) is 1.97. The number of halogens is 1. The van der Waals surface area contributed by atoms with Crippen LogP contribution in [-0.4, -0.2) is 35.6 Å². The third-order valence-corrected chi connectivity index (χ3v) is 2.68. The number of hydroxylamine groups is 2. The van der Waals surface area contributed by atoms with Gasteiger partial charge in [-0.3, -0.25) is 0 Å². The monoisotopic (exact) mass is 287 g/mol. The second kappa shape index (κ2) is 7.34. The average Bonchev–Trinajstić information content (AvgIpc) is 2.14. The Bertz CT molecular complexity index is 289. The van der Waals surface area contributed by atoms with Crippen molar-refractivity contribution < 1.29 is 23.6 Å². The molecule has 0 aliphatic heterocycles. The normalized spacial score (nSPS) is 16.9. The van der Waals surface area contributed by atoms with Crippen LogP contribution in [0.15, 0.2) is 0 Å². The Morgan fingerprint density at radius 3 is 2.35 bits per heavy atom. The van der Waals surface area contributed by atoms with Gasteiger partial charge in [0.2, 0.25) is 0 Å². The van der Waals surface area contributed by atoms with Crippen molar-refractivity contribution in [2.75, 3.05) is 13.7 Å². The summed E-state index contributed by atoms with van der Waals surface area (Å²) in [5.41, 5.74) is 0. The second-order valence-electron chi connectivity index (χ2n) is 3.92. The van der Waals surface area contributed by atoms with E-state index < -0.39 is 19.0 Å². The zero-order chi connectivity index (χ0) is 13.6. The van der Waals surface area contributed by atoms with E-state index in [0.29, 0.717) is 13.0 Å².